The van der Waals surface area contributed by atoms with Gasteiger partial charge in [0.1, 0.15) is 30.2 Å². The molecule has 0 aromatic heterocycles. The van der Waals surface area contributed by atoms with Gasteiger partial charge in [0.15, 0.2) is 25.2 Å². The molecule has 0 bridgehead atoms. The molecule has 22 heteroatoms. The predicted molar refractivity (Wildman–Crippen MR) is 147 cm³/mol. The van der Waals surface area contributed by atoms with Gasteiger partial charge in [0.25, 0.3) is 11.7 Å². The van der Waals surface area contributed by atoms with Crippen LogP contribution < -0.4 is 4.74 Å². The van der Waals surface area contributed by atoms with E-state index in [-0.39, 0.29) is 9.79 Å². The van der Waals surface area contributed by atoms with Crippen LogP contribution in [0.15, 0.2) is 87.2 Å². The van der Waals surface area contributed by atoms with E-state index in [0.717, 1.165) is 31.4 Å². The van der Waals surface area contributed by atoms with E-state index in [1.54, 1.807) is 30.3 Å². The van der Waals surface area contributed by atoms with Gasteiger partial charge in [0, 0.05) is 13.2 Å². The Morgan fingerprint density at radius 3 is 2.08 bits per heavy atom. The van der Waals surface area contributed by atoms with Crippen LogP contribution in [0.1, 0.15) is 0 Å². The van der Waals surface area contributed by atoms with Crippen molar-refractivity contribution in [3.8, 4) is 5.75 Å². The molecule has 0 radical (unpaired) electrons. The second kappa shape index (κ2) is 13.7. The second-order valence-corrected chi connectivity index (χ2v) is 15.3. The van der Waals surface area contributed by atoms with E-state index in [1.165, 1.54) is 6.07 Å². The molecule has 2 aliphatic rings. The summed E-state index contributed by atoms with van der Waals surface area (Å²) in [5, 5.41) is -8.33. The average molecular weight is 779 g/mol. The molecule has 1 aliphatic carbocycles. The fourth-order valence-electron chi connectivity index (χ4n) is 4.62. The first kappa shape index (κ1) is 38.9. The first-order valence-corrected chi connectivity index (χ1v) is 17.1. The summed E-state index contributed by atoms with van der Waals surface area (Å²) >= 11 is 0. The van der Waals surface area contributed by atoms with Gasteiger partial charge in [-0.1, -0.05) is 18.2 Å². The monoisotopic (exact) mass is 778 g/mol. The summed E-state index contributed by atoms with van der Waals surface area (Å²) in [5.41, 5.74) is -4.87. The van der Waals surface area contributed by atoms with E-state index in [4.69, 9.17) is 4.74 Å². The SMILES string of the molecule is COCOC(COc1ccc2c(c1)S(=O)C1C=C(OC(C(F)(F)F)C(F)(F)S(=O)(=O)[O-])C=CC1[S+]2c1ccccc1)(C(F)(F)F)C(F)(F)F. The maximum absolute atomic E-state index is 14.1. The molecule has 0 spiro atoms. The van der Waals surface area contributed by atoms with Crippen LogP contribution in [0.5, 0.6) is 5.75 Å². The average Bonchev–Trinajstić information content (AvgIpc) is 2.98. The lowest BCUT2D eigenvalue weighted by Gasteiger charge is -2.36. The topological polar surface area (TPSA) is 111 Å². The molecule has 2 aromatic carbocycles. The van der Waals surface area contributed by atoms with Gasteiger partial charge in [-0.3, -0.25) is 4.21 Å². The van der Waals surface area contributed by atoms with Crippen LogP contribution in [-0.2, 0) is 46.0 Å². The van der Waals surface area contributed by atoms with Crippen LogP contribution in [0, 0.1) is 0 Å². The minimum atomic E-state index is -6.91. The van der Waals surface area contributed by atoms with E-state index >= 15 is 0 Å². The molecule has 0 fully saturated rings. The van der Waals surface area contributed by atoms with E-state index in [0.29, 0.717) is 11.0 Å². The van der Waals surface area contributed by atoms with Crippen molar-refractivity contribution in [3.63, 3.8) is 0 Å². The van der Waals surface area contributed by atoms with Crippen LogP contribution in [0.4, 0.5) is 48.3 Å². The summed E-state index contributed by atoms with van der Waals surface area (Å²) in [4.78, 5) is 0.509. The summed E-state index contributed by atoms with van der Waals surface area (Å²) in [6.45, 7) is -3.62. The molecule has 4 rings (SSSR count). The van der Waals surface area contributed by atoms with Crippen molar-refractivity contribution in [2.24, 2.45) is 0 Å². The lowest BCUT2D eigenvalue weighted by Crippen LogP contribution is -2.62. The number of rotatable bonds is 11. The predicted octanol–water partition coefficient (Wildman–Crippen LogP) is 5.98. The highest BCUT2D eigenvalue weighted by Gasteiger charge is 2.73. The Bertz CT molecular complexity index is 1690. The van der Waals surface area contributed by atoms with E-state index in [9.17, 15) is 65.5 Å². The zero-order valence-electron chi connectivity index (χ0n) is 24.1. The van der Waals surface area contributed by atoms with Crippen LogP contribution in [0.2, 0.25) is 0 Å². The van der Waals surface area contributed by atoms with E-state index in [1.807, 2.05) is 0 Å². The Labute approximate surface area is 275 Å². The van der Waals surface area contributed by atoms with Crippen LogP contribution in [0.3, 0.4) is 0 Å². The zero-order valence-corrected chi connectivity index (χ0v) is 26.6. The van der Waals surface area contributed by atoms with E-state index in [2.05, 4.69) is 14.2 Å². The third kappa shape index (κ3) is 7.58. The maximum atomic E-state index is 14.1. The molecule has 49 heavy (non-hydrogen) atoms. The largest absolute Gasteiger partial charge is 0.743 e. The molecule has 1 heterocycles. The lowest BCUT2D eigenvalue weighted by atomic mass is 10.0. The van der Waals surface area contributed by atoms with Crippen molar-refractivity contribution >= 4 is 31.8 Å². The van der Waals surface area contributed by atoms with Gasteiger partial charge in [0.2, 0.25) is 0 Å². The minimum absolute atomic E-state index is 0.242. The first-order chi connectivity index (χ1) is 22.5. The van der Waals surface area contributed by atoms with Crippen molar-refractivity contribution in [2.75, 3.05) is 20.5 Å². The molecular formula is C27H21F11O8S3. The maximum Gasteiger partial charge on any atom is 0.432 e. The highest BCUT2D eigenvalue weighted by Crippen LogP contribution is 2.48. The van der Waals surface area contributed by atoms with Gasteiger partial charge in [-0.25, -0.2) is 8.42 Å². The van der Waals surface area contributed by atoms with Crippen molar-refractivity contribution in [1.29, 1.82) is 0 Å². The molecular weight excluding hydrogens is 757 g/mol. The Balaban J connectivity index is 1.77. The summed E-state index contributed by atoms with van der Waals surface area (Å²) < 4.78 is 216. The molecule has 5 unspecified atom stereocenters. The van der Waals surface area contributed by atoms with Crippen molar-refractivity contribution < 1.29 is 84.4 Å². The smallest absolute Gasteiger partial charge is 0.432 e. The molecule has 0 N–H and O–H groups in total. The number of benzene rings is 2. The highest BCUT2D eigenvalue weighted by molar-refractivity contribution is 8.00. The standard InChI is InChI=1S/C27H21F11O8S3/c1-43-14-45-23(26(33,34)35,27(36,37)38)13-44-15-7-9-18-20(11-15)48(39)21-12-16(8-10-19(21)47(18)17-5-3-2-4-6-17)46-22(24(28,29)30)25(31,32)49(40,41)42/h2-12,19,21-22H,13-14H2,1H3. The van der Waals surface area contributed by atoms with Gasteiger partial charge in [-0.2, -0.15) is 48.3 Å². The molecule has 0 saturated heterocycles. The van der Waals surface area contributed by atoms with Gasteiger partial charge in [0.05, 0.1) is 26.6 Å². The highest BCUT2D eigenvalue weighted by atomic mass is 32.2. The molecule has 0 saturated carbocycles. The van der Waals surface area contributed by atoms with Gasteiger partial charge in [-0.15, -0.1) is 0 Å². The summed E-state index contributed by atoms with van der Waals surface area (Å²) in [7, 11) is -9.76. The Kier molecular flexibility index (Phi) is 10.8. The molecule has 5 atom stereocenters. The quantitative estimate of drug-likeness (QED) is 0.119. The first-order valence-electron chi connectivity index (χ1n) is 13.1. The number of allylic oxidation sites excluding steroid dienone is 1. The van der Waals surface area contributed by atoms with Gasteiger partial charge in [-0.05, 0) is 42.5 Å². The van der Waals surface area contributed by atoms with Crippen LogP contribution in [0.25, 0.3) is 0 Å². The molecule has 0 amide bonds. The van der Waals surface area contributed by atoms with E-state index < -0.39 is 103 Å². The Hall–Kier alpha value is -2.92. The molecule has 1 aliphatic heterocycles. The normalized spacial score (nSPS) is 22.5. The van der Waals surface area contributed by atoms with Crippen LogP contribution >= 0.6 is 0 Å². The number of methoxy groups -OCH3 is 1. The van der Waals surface area contributed by atoms with Crippen molar-refractivity contribution in [3.05, 3.63) is 72.5 Å². The number of hydrogen-bond donors (Lipinski definition) is 0. The van der Waals surface area contributed by atoms with Gasteiger partial charge >= 0.3 is 23.8 Å². The van der Waals surface area contributed by atoms with Crippen molar-refractivity contribution in [2.45, 2.75) is 60.7 Å². The zero-order chi connectivity index (χ0) is 36.8. The Morgan fingerprint density at radius 1 is 0.939 bits per heavy atom. The van der Waals surface area contributed by atoms with Crippen LogP contribution in [-0.4, -0.2) is 83.7 Å². The molecule has 272 valence electrons. The second-order valence-electron chi connectivity index (χ2n) is 10.1. The summed E-state index contributed by atoms with van der Waals surface area (Å²) in [6, 6.07) is 11.1. The van der Waals surface area contributed by atoms with Crippen molar-refractivity contribution in [1.82, 2.24) is 0 Å². The fourth-order valence-corrected chi connectivity index (χ4v) is 9.98. The summed E-state index contributed by atoms with van der Waals surface area (Å²) in [5.74, 6) is -1.71. The number of fused-ring (bicyclic) bond motifs is 2. The number of ether oxygens (including phenoxy) is 4. The molecule has 2 aromatic rings. The third-order valence-electron chi connectivity index (χ3n) is 6.96. The number of alkyl halides is 11. The lowest BCUT2D eigenvalue weighted by molar-refractivity contribution is -0.397. The summed E-state index contributed by atoms with van der Waals surface area (Å²) in [6.07, 6.45) is -20.1. The minimum Gasteiger partial charge on any atom is -0.743 e. The Morgan fingerprint density at radius 2 is 1.55 bits per heavy atom. The third-order valence-corrected chi connectivity index (χ3v) is 12.4. The number of hydrogen-bond acceptors (Lipinski definition) is 8. The fraction of sp³-hybridized carbons (Fsp3) is 0.407. The number of halogens is 11. The molecule has 8 nitrogen and oxygen atoms in total. The van der Waals surface area contributed by atoms with Gasteiger partial charge < -0.3 is 23.5 Å².